The molecule has 47 heavy (non-hydrogen) atoms. The van der Waals surface area contributed by atoms with Gasteiger partial charge >= 0.3 is 0 Å². The number of ether oxygens (including phenoxy) is 3. The number of hydrogen-bond donors (Lipinski definition) is 1. The Kier molecular flexibility index (Phi) is 9.24. The second-order valence-electron chi connectivity index (χ2n) is 10.6. The predicted octanol–water partition coefficient (Wildman–Crippen LogP) is 6.26. The molecule has 2 heterocycles. The van der Waals surface area contributed by atoms with Crippen LogP contribution in [0.15, 0.2) is 112 Å². The van der Waals surface area contributed by atoms with E-state index in [0.717, 1.165) is 5.56 Å². The Morgan fingerprint density at radius 3 is 2.51 bits per heavy atom. The van der Waals surface area contributed by atoms with E-state index in [9.17, 15) is 14.0 Å². The van der Waals surface area contributed by atoms with Crippen molar-refractivity contribution in [3.05, 3.63) is 149 Å². The van der Waals surface area contributed by atoms with E-state index >= 15 is 0 Å². The average Bonchev–Trinajstić information content (AvgIpc) is 3.37. The maximum absolute atomic E-state index is 14.2. The van der Waals surface area contributed by atoms with Gasteiger partial charge in [-0.15, -0.1) is 0 Å². The minimum absolute atomic E-state index is 0.151. The Labute approximate surface area is 278 Å². The van der Waals surface area contributed by atoms with Gasteiger partial charge in [-0.25, -0.2) is 9.38 Å². The number of fused-ring (bicyclic) bond motifs is 1. The van der Waals surface area contributed by atoms with Crippen LogP contribution >= 0.6 is 22.9 Å². The third-order valence-corrected chi connectivity index (χ3v) is 8.82. The van der Waals surface area contributed by atoms with E-state index in [-0.39, 0.29) is 28.9 Å². The fraction of sp³-hybridized carbons (Fsp3) is 0.139. The summed E-state index contributed by atoms with van der Waals surface area (Å²) in [6, 6.07) is 25.0. The molecule has 11 heteroatoms. The monoisotopic (exact) mass is 669 g/mol. The predicted molar refractivity (Wildman–Crippen MR) is 181 cm³/mol. The summed E-state index contributed by atoms with van der Waals surface area (Å²) in [5.41, 5.74) is 3.17. The first-order chi connectivity index (χ1) is 22.7. The number of amides is 1. The number of hydrogen-bond acceptors (Lipinski definition) is 7. The summed E-state index contributed by atoms with van der Waals surface area (Å²) in [6.45, 7) is 1.91. The molecule has 0 aliphatic carbocycles. The van der Waals surface area contributed by atoms with E-state index in [2.05, 4.69) is 5.32 Å². The van der Waals surface area contributed by atoms with Crippen molar-refractivity contribution in [1.82, 2.24) is 4.57 Å². The molecule has 1 N–H and O–H groups in total. The Morgan fingerprint density at radius 1 is 1.02 bits per heavy atom. The summed E-state index contributed by atoms with van der Waals surface area (Å²) in [4.78, 5) is 33.1. The van der Waals surface area contributed by atoms with Gasteiger partial charge in [-0.05, 0) is 78.2 Å². The molecule has 6 rings (SSSR count). The van der Waals surface area contributed by atoms with Gasteiger partial charge in [-0.3, -0.25) is 14.2 Å². The van der Waals surface area contributed by atoms with E-state index in [1.165, 1.54) is 35.1 Å². The van der Waals surface area contributed by atoms with Gasteiger partial charge < -0.3 is 19.5 Å². The zero-order valence-corrected chi connectivity index (χ0v) is 27.2. The van der Waals surface area contributed by atoms with E-state index in [4.69, 9.17) is 30.8 Å². The molecule has 1 aliphatic rings. The van der Waals surface area contributed by atoms with Crippen LogP contribution in [-0.4, -0.2) is 24.7 Å². The van der Waals surface area contributed by atoms with Crippen molar-refractivity contribution in [2.75, 3.05) is 19.5 Å². The highest BCUT2D eigenvalue weighted by atomic mass is 35.5. The fourth-order valence-electron chi connectivity index (χ4n) is 5.31. The maximum Gasteiger partial charge on any atom is 0.271 e. The van der Waals surface area contributed by atoms with Gasteiger partial charge in [0, 0.05) is 5.69 Å². The molecular weight excluding hydrogens is 641 g/mol. The Hall–Kier alpha value is -5.19. The molecule has 238 valence electrons. The van der Waals surface area contributed by atoms with E-state index in [0.29, 0.717) is 54.7 Å². The van der Waals surface area contributed by atoms with Crippen LogP contribution in [0.2, 0.25) is 5.02 Å². The number of methoxy groups -OCH3 is 2. The summed E-state index contributed by atoms with van der Waals surface area (Å²) >= 11 is 7.84. The van der Waals surface area contributed by atoms with Crippen LogP contribution in [0.3, 0.4) is 0 Å². The number of rotatable bonds is 9. The third kappa shape index (κ3) is 6.70. The molecule has 1 amide bonds. The van der Waals surface area contributed by atoms with Crippen molar-refractivity contribution in [1.29, 1.82) is 0 Å². The molecule has 1 aliphatic heterocycles. The van der Waals surface area contributed by atoms with E-state index < -0.39 is 6.04 Å². The topological polar surface area (TPSA) is 91.2 Å². The van der Waals surface area contributed by atoms with Crippen molar-refractivity contribution in [3.8, 4) is 17.2 Å². The van der Waals surface area contributed by atoms with Crippen LogP contribution < -0.4 is 34.4 Å². The van der Waals surface area contributed by atoms with Crippen molar-refractivity contribution >= 4 is 40.6 Å². The van der Waals surface area contributed by atoms with Gasteiger partial charge in [-0.1, -0.05) is 65.4 Å². The van der Waals surface area contributed by atoms with Crippen LogP contribution in [-0.2, 0) is 11.4 Å². The number of nitrogens with one attached hydrogen (secondary N) is 1. The SMILES string of the molecule is COc1cccc([C@H]2C(C(=O)Nc3ccccc3)=C(C)N=c3s/c(=C\c4cc(Cl)c(OCc5ccc(F)cc5)c(OC)c4)c(=O)n32)c1. The highest BCUT2D eigenvalue weighted by Gasteiger charge is 2.33. The molecule has 0 spiro atoms. The Bertz CT molecular complexity index is 2180. The quantitative estimate of drug-likeness (QED) is 0.200. The average molecular weight is 670 g/mol. The van der Waals surface area contributed by atoms with Crippen molar-refractivity contribution in [3.63, 3.8) is 0 Å². The van der Waals surface area contributed by atoms with Crippen LogP contribution in [0.1, 0.15) is 29.7 Å². The van der Waals surface area contributed by atoms with Crippen LogP contribution in [0.4, 0.5) is 10.1 Å². The van der Waals surface area contributed by atoms with Crippen molar-refractivity contribution in [2.24, 2.45) is 4.99 Å². The molecular formula is C36H29ClFN3O5S. The zero-order valence-electron chi connectivity index (χ0n) is 25.6. The molecule has 0 radical (unpaired) electrons. The van der Waals surface area contributed by atoms with Crippen LogP contribution in [0.25, 0.3) is 6.08 Å². The summed E-state index contributed by atoms with van der Waals surface area (Å²) in [5, 5.41) is 3.22. The van der Waals surface area contributed by atoms with Crippen molar-refractivity contribution in [2.45, 2.75) is 19.6 Å². The Morgan fingerprint density at radius 2 is 1.79 bits per heavy atom. The molecule has 0 bridgehead atoms. The standard InChI is InChI=1S/C36H29ClFN3O5S/c1-21-31(34(42)40-26-9-5-4-6-10-26)32(24-8-7-11-27(19-24)44-2)41-35(43)30(47-36(41)39-21)18-23-16-28(37)33(29(17-23)45-3)46-20-22-12-14-25(38)15-13-22/h4-19,32H,20H2,1-3H3,(H,40,42)/b30-18-/t32-/m0/s1. The zero-order chi connectivity index (χ0) is 33.1. The minimum Gasteiger partial charge on any atom is -0.497 e. The normalized spacial score (nSPS) is 14.3. The highest BCUT2D eigenvalue weighted by molar-refractivity contribution is 7.07. The second-order valence-corrected chi connectivity index (χ2v) is 12.0. The number of nitrogens with zero attached hydrogens (tertiary/aromatic N) is 2. The molecule has 1 atom stereocenters. The van der Waals surface area contributed by atoms with Gasteiger partial charge in [0.1, 0.15) is 18.2 Å². The van der Waals surface area contributed by atoms with Gasteiger partial charge in [0.2, 0.25) is 0 Å². The minimum atomic E-state index is -0.771. The second kappa shape index (κ2) is 13.7. The van der Waals surface area contributed by atoms with Gasteiger partial charge in [0.15, 0.2) is 16.3 Å². The molecule has 0 saturated carbocycles. The van der Waals surface area contributed by atoms with Gasteiger partial charge in [0.05, 0.1) is 41.1 Å². The molecule has 0 saturated heterocycles. The summed E-state index contributed by atoms with van der Waals surface area (Å²) in [7, 11) is 3.06. The van der Waals surface area contributed by atoms with E-state index in [1.807, 2.05) is 36.4 Å². The number of allylic oxidation sites excluding steroid dienone is 1. The molecule has 0 fully saturated rings. The summed E-state index contributed by atoms with van der Waals surface area (Å²) < 4.78 is 32.2. The van der Waals surface area contributed by atoms with Crippen molar-refractivity contribution < 1.29 is 23.4 Å². The molecule has 1 aromatic heterocycles. The molecule has 0 unspecified atom stereocenters. The largest absolute Gasteiger partial charge is 0.497 e. The lowest BCUT2D eigenvalue weighted by atomic mass is 9.95. The number of para-hydroxylation sites is 1. The summed E-state index contributed by atoms with van der Waals surface area (Å²) in [5.74, 6) is 0.567. The number of thiazole rings is 1. The first-order valence-electron chi connectivity index (χ1n) is 14.5. The number of aromatic nitrogens is 1. The van der Waals surface area contributed by atoms with E-state index in [1.54, 1.807) is 62.6 Å². The Balaban J connectivity index is 1.41. The lowest BCUT2D eigenvalue weighted by molar-refractivity contribution is -0.113. The lowest BCUT2D eigenvalue weighted by Gasteiger charge is -2.25. The van der Waals surface area contributed by atoms with Crippen LogP contribution in [0.5, 0.6) is 17.2 Å². The first-order valence-corrected chi connectivity index (χ1v) is 15.7. The number of carbonyl (C=O) groups is 1. The third-order valence-electron chi connectivity index (χ3n) is 7.55. The van der Waals surface area contributed by atoms with Crippen LogP contribution in [0, 0.1) is 5.82 Å². The number of benzene rings is 4. The summed E-state index contributed by atoms with van der Waals surface area (Å²) in [6.07, 6.45) is 1.70. The van der Waals surface area contributed by atoms with Gasteiger partial charge in [-0.2, -0.15) is 0 Å². The number of carbonyl (C=O) groups excluding carboxylic acids is 1. The smallest absolute Gasteiger partial charge is 0.271 e. The number of anilines is 1. The molecule has 8 nitrogen and oxygen atoms in total. The maximum atomic E-state index is 14.2. The molecule has 4 aromatic carbocycles. The molecule has 5 aromatic rings. The highest BCUT2D eigenvalue weighted by Crippen LogP contribution is 2.37. The number of halogens is 2. The van der Waals surface area contributed by atoms with Gasteiger partial charge in [0.25, 0.3) is 11.5 Å². The lowest BCUT2D eigenvalue weighted by Crippen LogP contribution is -2.40. The fourth-order valence-corrected chi connectivity index (χ4v) is 6.63. The first kappa shape index (κ1) is 31.8.